The van der Waals surface area contributed by atoms with Gasteiger partial charge < -0.3 is 5.11 Å². The molecule has 1 aromatic heterocycles. The van der Waals surface area contributed by atoms with Crippen LogP contribution in [0.25, 0.3) is 0 Å². The maximum atomic E-state index is 10.4. The first-order chi connectivity index (χ1) is 5.11. The SMILES string of the molecule is O=C(O)c1cnc(Br)c(I)c1. The number of pyridine rings is 1. The van der Waals surface area contributed by atoms with Gasteiger partial charge in [-0.25, -0.2) is 9.78 Å². The van der Waals surface area contributed by atoms with Gasteiger partial charge in [0.25, 0.3) is 0 Å². The van der Waals surface area contributed by atoms with Crippen molar-refractivity contribution >= 4 is 44.5 Å². The van der Waals surface area contributed by atoms with Crippen molar-refractivity contribution in [1.29, 1.82) is 0 Å². The van der Waals surface area contributed by atoms with Gasteiger partial charge >= 0.3 is 5.97 Å². The van der Waals surface area contributed by atoms with Gasteiger partial charge in [-0.05, 0) is 44.6 Å². The topological polar surface area (TPSA) is 50.2 Å². The predicted molar refractivity (Wildman–Crippen MR) is 51.6 cm³/mol. The monoisotopic (exact) mass is 327 g/mol. The molecule has 3 nitrogen and oxygen atoms in total. The molecule has 0 bridgehead atoms. The van der Waals surface area contributed by atoms with Crippen LogP contribution in [0.5, 0.6) is 0 Å². The number of halogens is 2. The number of rotatable bonds is 1. The van der Waals surface area contributed by atoms with Crippen molar-refractivity contribution in [2.24, 2.45) is 0 Å². The van der Waals surface area contributed by atoms with Gasteiger partial charge in [-0.15, -0.1) is 0 Å². The smallest absolute Gasteiger partial charge is 0.337 e. The molecule has 0 saturated carbocycles. The Morgan fingerprint density at radius 3 is 2.82 bits per heavy atom. The highest BCUT2D eigenvalue weighted by atomic mass is 127. The third-order valence-electron chi connectivity index (χ3n) is 1.04. The van der Waals surface area contributed by atoms with Crippen LogP contribution < -0.4 is 0 Å². The zero-order valence-corrected chi connectivity index (χ0v) is 8.96. The number of carboxylic acid groups (broad SMARTS) is 1. The van der Waals surface area contributed by atoms with E-state index >= 15 is 0 Å². The van der Waals surface area contributed by atoms with Crippen molar-refractivity contribution in [2.45, 2.75) is 0 Å². The molecule has 0 unspecified atom stereocenters. The predicted octanol–water partition coefficient (Wildman–Crippen LogP) is 2.15. The Bertz CT molecular complexity index is 303. The summed E-state index contributed by atoms with van der Waals surface area (Å²) >= 11 is 5.18. The first-order valence-electron chi connectivity index (χ1n) is 2.65. The molecule has 0 aromatic carbocycles. The summed E-state index contributed by atoms with van der Waals surface area (Å²) in [5, 5.41) is 8.54. The molecule has 1 aromatic rings. The average molecular weight is 328 g/mol. The van der Waals surface area contributed by atoms with E-state index in [1.165, 1.54) is 6.20 Å². The molecule has 0 aliphatic carbocycles. The first kappa shape index (κ1) is 8.92. The van der Waals surface area contributed by atoms with E-state index in [0.717, 1.165) is 3.57 Å². The fraction of sp³-hybridized carbons (Fsp3) is 0. The lowest BCUT2D eigenvalue weighted by Crippen LogP contribution is -1.97. The zero-order valence-electron chi connectivity index (χ0n) is 5.21. The minimum Gasteiger partial charge on any atom is -0.478 e. The van der Waals surface area contributed by atoms with Crippen LogP contribution in [0.15, 0.2) is 16.9 Å². The Morgan fingerprint density at radius 2 is 2.36 bits per heavy atom. The molecule has 0 radical (unpaired) electrons. The van der Waals surface area contributed by atoms with Crippen LogP contribution in [0.1, 0.15) is 10.4 Å². The fourth-order valence-corrected chi connectivity index (χ4v) is 1.23. The van der Waals surface area contributed by atoms with Crippen LogP contribution in [-0.2, 0) is 0 Å². The highest BCUT2D eigenvalue weighted by molar-refractivity contribution is 14.1. The molecule has 0 aliphatic rings. The summed E-state index contributed by atoms with van der Waals surface area (Å²) in [5.41, 5.74) is 0.206. The third-order valence-corrected chi connectivity index (χ3v) is 3.24. The number of hydrogen-bond acceptors (Lipinski definition) is 2. The minimum atomic E-state index is -0.956. The molecule has 1 heterocycles. The molecule has 58 valence electrons. The van der Waals surface area contributed by atoms with Crippen LogP contribution in [0.3, 0.4) is 0 Å². The molecule has 0 atom stereocenters. The van der Waals surface area contributed by atoms with Gasteiger partial charge in [0.2, 0.25) is 0 Å². The van der Waals surface area contributed by atoms with Crippen LogP contribution in [-0.4, -0.2) is 16.1 Å². The highest BCUT2D eigenvalue weighted by Crippen LogP contribution is 2.16. The van der Waals surface area contributed by atoms with E-state index in [4.69, 9.17) is 5.11 Å². The highest BCUT2D eigenvalue weighted by Gasteiger charge is 2.05. The molecule has 0 fully saturated rings. The van der Waals surface area contributed by atoms with Gasteiger partial charge in [0.05, 0.1) is 5.56 Å². The second-order valence-electron chi connectivity index (χ2n) is 1.80. The molecular formula is C6H3BrINO2. The number of nitrogens with zero attached hydrogens (tertiary/aromatic N) is 1. The van der Waals surface area contributed by atoms with Gasteiger partial charge in [0.1, 0.15) is 4.60 Å². The van der Waals surface area contributed by atoms with Gasteiger partial charge in [-0.1, -0.05) is 0 Å². The van der Waals surface area contributed by atoms with Gasteiger partial charge in [0.15, 0.2) is 0 Å². The van der Waals surface area contributed by atoms with Crippen molar-refractivity contribution < 1.29 is 9.90 Å². The maximum absolute atomic E-state index is 10.4. The Hall–Kier alpha value is -0.170. The molecule has 5 heteroatoms. The first-order valence-corrected chi connectivity index (χ1v) is 4.53. The number of hydrogen-bond donors (Lipinski definition) is 1. The van der Waals surface area contributed by atoms with Crippen molar-refractivity contribution in [1.82, 2.24) is 4.98 Å². The van der Waals surface area contributed by atoms with Crippen LogP contribution >= 0.6 is 38.5 Å². The summed E-state index contributed by atoms with van der Waals surface area (Å²) in [6, 6.07) is 1.56. The standard InChI is InChI=1S/C6H3BrINO2/c7-5-4(8)1-3(2-9-5)6(10)11/h1-2H,(H,10,11). The minimum absolute atomic E-state index is 0.206. The second kappa shape index (κ2) is 3.48. The average Bonchev–Trinajstić information content (AvgIpc) is 1.94. The summed E-state index contributed by atoms with van der Waals surface area (Å²) in [7, 11) is 0. The lowest BCUT2D eigenvalue weighted by molar-refractivity contribution is 0.0696. The van der Waals surface area contributed by atoms with Crippen LogP contribution in [0.2, 0.25) is 0 Å². The molecule has 0 saturated heterocycles. The molecular weight excluding hydrogens is 325 g/mol. The van der Waals surface area contributed by atoms with Crippen LogP contribution in [0, 0.1) is 3.57 Å². The number of carboxylic acids is 1. The van der Waals surface area contributed by atoms with E-state index in [0.29, 0.717) is 4.60 Å². The number of carbonyl (C=O) groups is 1. The van der Waals surface area contributed by atoms with Crippen molar-refractivity contribution in [3.8, 4) is 0 Å². The third kappa shape index (κ3) is 2.13. The van der Waals surface area contributed by atoms with E-state index in [9.17, 15) is 4.79 Å². The summed E-state index contributed by atoms with van der Waals surface area (Å²) in [5.74, 6) is -0.956. The molecule has 1 rings (SSSR count). The summed E-state index contributed by atoms with van der Waals surface area (Å²) < 4.78 is 1.46. The van der Waals surface area contributed by atoms with E-state index < -0.39 is 5.97 Å². The normalized spacial score (nSPS) is 9.64. The Balaban J connectivity index is 3.15. The molecule has 1 N–H and O–H groups in total. The fourth-order valence-electron chi connectivity index (χ4n) is 0.538. The van der Waals surface area contributed by atoms with Crippen molar-refractivity contribution in [2.75, 3.05) is 0 Å². The van der Waals surface area contributed by atoms with E-state index in [1.54, 1.807) is 6.07 Å². The summed E-state index contributed by atoms with van der Waals surface area (Å²) in [6.07, 6.45) is 1.31. The Labute approximate surface area is 85.1 Å². The van der Waals surface area contributed by atoms with Gasteiger partial charge in [0, 0.05) is 9.77 Å². The maximum Gasteiger partial charge on any atom is 0.337 e. The van der Waals surface area contributed by atoms with Crippen molar-refractivity contribution in [3.63, 3.8) is 0 Å². The van der Waals surface area contributed by atoms with E-state index in [-0.39, 0.29) is 5.56 Å². The Kier molecular flexibility index (Phi) is 2.83. The van der Waals surface area contributed by atoms with Gasteiger partial charge in [-0.2, -0.15) is 0 Å². The van der Waals surface area contributed by atoms with E-state index in [2.05, 4.69) is 20.9 Å². The lowest BCUT2D eigenvalue weighted by atomic mass is 10.3. The molecule has 11 heavy (non-hydrogen) atoms. The van der Waals surface area contributed by atoms with Crippen LogP contribution in [0.4, 0.5) is 0 Å². The molecule has 0 amide bonds. The molecule has 0 spiro atoms. The van der Waals surface area contributed by atoms with Crippen molar-refractivity contribution in [3.05, 3.63) is 26.0 Å². The second-order valence-corrected chi connectivity index (χ2v) is 3.72. The molecule has 0 aliphatic heterocycles. The Morgan fingerprint density at radius 1 is 1.73 bits per heavy atom. The zero-order chi connectivity index (χ0) is 8.43. The lowest BCUT2D eigenvalue weighted by Gasteiger charge is -1.95. The van der Waals surface area contributed by atoms with Gasteiger partial charge in [-0.3, -0.25) is 0 Å². The summed E-state index contributed by atoms with van der Waals surface area (Å²) in [6.45, 7) is 0. The number of aromatic carboxylic acids is 1. The number of aromatic nitrogens is 1. The quantitative estimate of drug-likeness (QED) is 0.635. The summed E-state index contributed by atoms with van der Waals surface area (Å²) in [4.78, 5) is 14.2. The van der Waals surface area contributed by atoms with E-state index in [1.807, 2.05) is 22.6 Å². The largest absolute Gasteiger partial charge is 0.478 e.